The van der Waals surface area contributed by atoms with E-state index < -0.39 is 18.4 Å². The summed E-state index contributed by atoms with van der Waals surface area (Å²) in [5, 5.41) is 5.51. The Hall–Kier alpha value is -3.10. The van der Waals surface area contributed by atoms with Crippen molar-refractivity contribution in [1.29, 1.82) is 0 Å². The lowest BCUT2D eigenvalue weighted by molar-refractivity contribution is -0.135. The van der Waals surface area contributed by atoms with Gasteiger partial charge in [0, 0.05) is 24.5 Å². The summed E-state index contributed by atoms with van der Waals surface area (Å²) in [5.41, 5.74) is 1.97. The number of amides is 3. The number of carbonyl (C=O) groups is 2. The maximum atomic E-state index is 13.2. The van der Waals surface area contributed by atoms with Crippen LogP contribution in [0.15, 0.2) is 48.5 Å². The zero-order chi connectivity index (χ0) is 21.5. The van der Waals surface area contributed by atoms with Gasteiger partial charge in [-0.3, -0.25) is 4.79 Å². The molecule has 8 nitrogen and oxygen atoms in total. The van der Waals surface area contributed by atoms with E-state index in [1.54, 1.807) is 23.1 Å². The average molecular weight is 413 g/mol. The Morgan fingerprint density at radius 2 is 1.73 bits per heavy atom. The van der Waals surface area contributed by atoms with Crippen LogP contribution in [0.1, 0.15) is 25.5 Å². The predicted molar refractivity (Wildman–Crippen MR) is 114 cm³/mol. The fraction of sp³-hybridized carbons (Fsp3) is 0.364. The summed E-state index contributed by atoms with van der Waals surface area (Å²) >= 11 is 0. The number of hydrogen-bond donors (Lipinski definition) is 2. The van der Waals surface area contributed by atoms with Gasteiger partial charge in [-0.25, -0.2) is 4.79 Å². The quantitative estimate of drug-likeness (QED) is 0.616. The number of methoxy groups -OCH3 is 1. The minimum absolute atomic E-state index is 0.240. The van der Waals surface area contributed by atoms with Crippen LogP contribution in [0.3, 0.4) is 0 Å². The Balaban J connectivity index is 1.77. The highest BCUT2D eigenvalue weighted by molar-refractivity contribution is 6.07. The van der Waals surface area contributed by atoms with Crippen LogP contribution < -0.4 is 20.3 Å². The third kappa shape index (κ3) is 4.72. The topological polar surface area (TPSA) is 89.1 Å². The highest BCUT2D eigenvalue weighted by atomic mass is 16.7. The van der Waals surface area contributed by atoms with Gasteiger partial charge in [-0.1, -0.05) is 30.3 Å². The van der Waals surface area contributed by atoms with E-state index in [-0.39, 0.29) is 12.5 Å². The summed E-state index contributed by atoms with van der Waals surface area (Å²) in [6.45, 7) is 4.93. The Bertz CT molecular complexity index is 883. The molecule has 1 heterocycles. The molecule has 0 radical (unpaired) electrons. The fourth-order valence-corrected chi connectivity index (χ4v) is 3.42. The van der Waals surface area contributed by atoms with Crippen LogP contribution >= 0.6 is 0 Å². The van der Waals surface area contributed by atoms with Crippen molar-refractivity contribution in [3.63, 3.8) is 0 Å². The molecule has 0 aliphatic carbocycles. The molecule has 0 saturated heterocycles. The van der Waals surface area contributed by atoms with Crippen LogP contribution in [0.4, 0.5) is 16.2 Å². The first kappa shape index (κ1) is 21.6. The molecule has 0 saturated carbocycles. The Labute approximate surface area is 176 Å². The first-order valence-electron chi connectivity index (χ1n) is 9.93. The number of nitrogens with one attached hydrogen (secondary N) is 2. The molecule has 2 N–H and O–H groups in total. The molecular weight excluding hydrogens is 386 g/mol. The number of para-hydroxylation sites is 3. The second-order valence-electron chi connectivity index (χ2n) is 6.58. The molecule has 0 aromatic heterocycles. The lowest BCUT2D eigenvalue weighted by Gasteiger charge is -2.24. The fourth-order valence-electron chi connectivity index (χ4n) is 3.42. The minimum Gasteiger partial charge on any atom is -0.495 e. The summed E-state index contributed by atoms with van der Waals surface area (Å²) in [4.78, 5) is 27.4. The summed E-state index contributed by atoms with van der Waals surface area (Å²) in [7, 11) is 1.53. The van der Waals surface area contributed by atoms with Gasteiger partial charge in [-0.05, 0) is 32.0 Å². The summed E-state index contributed by atoms with van der Waals surface area (Å²) in [5.74, 6) is 0.291. The van der Waals surface area contributed by atoms with E-state index in [9.17, 15) is 9.59 Å². The van der Waals surface area contributed by atoms with Gasteiger partial charge in [0.2, 0.25) is 0 Å². The van der Waals surface area contributed by atoms with Crippen LogP contribution in [0.5, 0.6) is 5.75 Å². The Kier molecular flexibility index (Phi) is 7.26. The number of benzene rings is 2. The molecule has 2 aromatic carbocycles. The monoisotopic (exact) mass is 413 g/mol. The number of nitrogens with zero attached hydrogens (tertiary/aromatic N) is 1. The van der Waals surface area contributed by atoms with Gasteiger partial charge in [0.15, 0.2) is 6.29 Å². The van der Waals surface area contributed by atoms with Gasteiger partial charge in [0.1, 0.15) is 11.8 Å². The van der Waals surface area contributed by atoms with Crippen molar-refractivity contribution in [2.45, 2.75) is 26.2 Å². The number of rotatable bonds is 9. The van der Waals surface area contributed by atoms with Gasteiger partial charge in [0.25, 0.3) is 5.91 Å². The molecule has 0 fully saturated rings. The van der Waals surface area contributed by atoms with Crippen molar-refractivity contribution >= 4 is 23.3 Å². The van der Waals surface area contributed by atoms with Gasteiger partial charge in [-0.15, -0.1) is 0 Å². The van der Waals surface area contributed by atoms with E-state index in [1.807, 2.05) is 44.2 Å². The second kappa shape index (κ2) is 10.1. The first-order valence-corrected chi connectivity index (χ1v) is 9.93. The van der Waals surface area contributed by atoms with Crippen molar-refractivity contribution < 1.29 is 23.8 Å². The summed E-state index contributed by atoms with van der Waals surface area (Å²) in [6, 6.07) is 13.1. The third-order valence-corrected chi connectivity index (χ3v) is 4.72. The van der Waals surface area contributed by atoms with Crippen molar-refractivity contribution in [2.24, 2.45) is 0 Å². The normalized spacial score (nSPS) is 15.3. The van der Waals surface area contributed by atoms with Gasteiger partial charge in [-0.2, -0.15) is 0 Å². The Morgan fingerprint density at radius 1 is 1.07 bits per heavy atom. The van der Waals surface area contributed by atoms with E-state index in [0.29, 0.717) is 24.7 Å². The highest BCUT2D eigenvalue weighted by Gasteiger charge is 2.39. The molecular formula is C22H27N3O5. The van der Waals surface area contributed by atoms with E-state index in [0.717, 1.165) is 11.3 Å². The number of urea groups is 1. The van der Waals surface area contributed by atoms with E-state index in [2.05, 4.69) is 10.6 Å². The lowest BCUT2D eigenvalue weighted by Crippen LogP contribution is -2.43. The van der Waals surface area contributed by atoms with Crippen molar-refractivity contribution in [3.8, 4) is 5.75 Å². The zero-order valence-corrected chi connectivity index (χ0v) is 17.4. The van der Waals surface area contributed by atoms with Gasteiger partial charge in [0.05, 0.1) is 19.3 Å². The largest absolute Gasteiger partial charge is 0.495 e. The molecule has 30 heavy (non-hydrogen) atoms. The van der Waals surface area contributed by atoms with Crippen molar-refractivity contribution in [1.82, 2.24) is 5.32 Å². The van der Waals surface area contributed by atoms with Crippen LogP contribution in [-0.2, 0) is 14.3 Å². The molecule has 1 aliphatic heterocycles. The van der Waals surface area contributed by atoms with E-state index >= 15 is 0 Å². The second-order valence-corrected chi connectivity index (χ2v) is 6.58. The lowest BCUT2D eigenvalue weighted by atomic mass is 10.1. The maximum absolute atomic E-state index is 13.2. The third-order valence-electron chi connectivity index (χ3n) is 4.72. The van der Waals surface area contributed by atoms with Crippen LogP contribution in [-0.4, -0.2) is 45.1 Å². The SMILES string of the molecule is CCOC(CN1C(=O)C(NC(=O)Nc2ccccc2OC)c2ccccc21)OCC. The Morgan fingerprint density at radius 3 is 2.43 bits per heavy atom. The summed E-state index contributed by atoms with van der Waals surface area (Å²) in [6.07, 6.45) is -0.543. The van der Waals surface area contributed by atoms with Crippen LogP contribution in [0.25, 0.3) is 0 Å². The van der Waals surface area contributed by atoms with Crippen LogP contribution in [0, 0.1) is 0 Å². The van der Waals surface area contributed by atoms with Crippen molar-refractivity contribution in [2.75, 3.05) is 37.1 Å². The zero-order valence-electron chi connectivity index (χ0n) is 17.4. The number of fused-ring (bicyclic) bond motifs is 1. The number of ether oxygens (including phenoxy) is 3. The minimum atomic E-state index is -0.806. The van der Waals surface area contributed by atoms with Gasteiger partial charge < -0.3 is 29.7 Å². The number of carbonyl (C=O) groups excluding carboxylic acids is 2. The van der Waals surface area contributed by atoms with Crippen LogP contribution in [0.2, 0.25) is 0 Å². The molecule has 0 bridgehead atoms. The molecule has 3 amide bonds. The molecule has 160 valence electrons. The average Bonchev–Trinajstić information content (AvgIpc) is 3.00. The summed E-state index contributed by atoms with van der Waals surface area (Å²) < 4.78 is 16.5. The molecule has 1 unspecified atom stereocenters. The first-order chi connectivity index (χ1) is 14.6. The molecule has 3 rings (SSSR count). The standard InChI is InChI=1S/C22H27N3O5/c1-4-29-19(30-5-2)14-25-17-12-8-6-10-15(17)20(21(25)26)24-22(27)23-16-11-7-9-13-18(16)28-3/h6-13,19-20H,4-5,14H2,1-3H3,(H2,23,24,27). The predicted octanol–water partition coefficient (Wildman–Crippen LogP) is 3.30. The van der Waals surface area contributed by atoms with E-state index in [1.165, 1.54) is 7.11 Å². The number of hydrogen-bond acceptors (Lipinski definition) is 5. The number of anilines is 2. The highest BCUT2D eigenvalue weighted by Crippen LogP contribution is 2.36. The molecule has 8 heteroatoms. The van der Waals surface area contributed by atoms with Crippen molar-refractivity contribution in [3.05, 3.63) is 54.1 Å². The smallest absolute Gasteiger partial charge is 0.320 e. The molecule has 2 aromatic rings. The van der Waals surface area contributed by atoms with Gasteiger partial charge >= 0.3 is 6.03 Å². The molecule has 1 aliphatic rings. The maximum Gasteiger partial charge on any atom is 0.320 e. The molecule has 0 spiro atoms. The van der Waals surface area contributed by atoms with E-state index in [4.69, 9.17) is 14.2 Å². The molecule has 1 atom stereocenters.